The average molecular weight is 426 g/mol. The molecule has 25 heavy (non-hydrogen) atoms. The van der Waals surface area contributed by atoms with Crippen LogP contribution < -0.4 is 10.1 Å². The van der Waals surface area contributed by atoms with Crippen LogP contribution in [0.3, 0.4) is 0 Å². The molecule has 2 aromatic rings. The molecule has 0 saturated carbocycles. The zero-order chi connectivity index (χ0) is 18.1. The Hall–Kier alpha value is -1.72. The summed E-state index contributed by atoms with van der Waals surface area (Å²) in [4.78, 5) is 14.0. The highest BCUT2D eigenvalue weighted by Crippen LogP contribution is 2.27. The van der Waals surface area contributed by atoms with E-state index in [0.717, 1.165) is 10.0 Å². The number of carbonyl (C=O) groups excluding carboxylic acids is 1. The molecule has 0 aliphatic heterocycles. The number of nitrogens with zero attached hydrogens (tertiary/aromatic N) is 1. The van der Waals surface area contributed by atoms with Gasteiger partial charge in [-0.1, -0.05) is 57.9 Å². The van der Waals surface area contributed by atoms with Gasteiger partial charge in [-0.3, -0.25) is 0 Å². The SMILES string of the molecule is CCN(Cc1ccccc1)C(=O)NCCCOc1ccc(Br)cc1Cl. The minimum Gasteiger partial charge on any atom is -0.492 e. The fraction of sp³-hybridized carbons (Fsp3) is 0.316. The van der Waals surface area contributed by atoms with Crippen molar-refractivity contribution < 1.29 is 9.53 Å². The van der Waals surface area contributed by atoms with Crippen molar-refractivity contribution in [1.82, 2.24) is 10.2 Å². The highest BCUT2D eigenvalue weighted by molar-refractivity contribution is 9.10. The second kappa shape index (κ2) is 10.3. The molecule has 2 rings (SSSR count). The van der Waals surface area contributed by atoms with Crippen LogP contribution in [0.5, 0.6) is 5.75 Å². The molecule has 0 fully saturated rings. The molecule has 2 amide bonds. The Labute approximate surface area is 162 Å². The lowest BCUT2D eigenvalue weighted by Crippen LogP contribution is -2.40. The fourth-order valence-electron chi connectivity index (χ4n) is 2.28. The number of amides is 2. The summed E-state index contributed by atoms with van der Waals surface area (Å²) in [6, 6.07) is 15.4. The van der Waals surface area contributed by atoms with Crippen molar-refractivity contribution in [3.8, 4) is 5.75 Å². The van der Waals surface area contributed by atoms with Gasteiger partial charge in [0, 0.05) is 24.1 Å². The maximum Gasteiger partial charge on any atom is 0.317 e. The lowest BCUT2D eigenvalue weighted by Gasteiger charge is -2.21. The van der Waals surface area contributed by atoms with E-state index < -0.39 is 0 Å². The summed E-state index contributed by atoms with van der Waals surface area (Å²) < 4.78 is 6.55. The number of rotatable bonds is 8. The van der Waals surface area contributed by atoms with Gasteiger partial charge >= 0.3 is 6.03 Å². The van der Waals surface area contributed by atoms with E-state index in [-0.39, 0.29) is 6.03 Å². The molecule has 0 aliphatic carbocycles. The molecule has 0 heterocycles. The Balaban J connectivity index is 1.70. The van der Waals surface area contributed by atoms with Crippen molar-refractivity contribution in [3.63, 3.8) is 0 Å². The fourth-order valence-corrected chi connectivity index (χ4v) is 3.01. The number of carbonyl (C=O) groups is 1. The van der Waals surface area contributed by atoms with Gasteiger partial charge in [-0.25, -0.2) is 4.79 Å². The van der Waals surface area contributed by atoms with E-state index in [1.54, 1.807) is 11.0 Å². The number of hydrogen-bond donors (Lipinski definition) is 1. The molecule has 6 heteroatoms. The van der Waals surface area contributed by atoms with Gasteiger partial charge in [-0.2, -0.15) is 0 Å². The second-order valence-electron chi connectivity index (χ2n) is 5.51. The van der Waals surface area contributed by atoms with E-state index >= 15 is 0 Å². The van der Waals surface area contributed by atoms with Gasteiger partial charge in [-0.05, 0) is 37.1 Å². The van der Waals surface area contributed by atoms with Crippen LogP contribution in [-0.2, 0) is 6.54 Å². The lowest BCUT2D eigenvalue weighted by molar-refractivity contribution is 0.197. The van der Waals surface area contributed by atoms with Crippen LogP contribution in [0.15, 0.2) is 53.0 Å². The van der Waals surface area contributed by atoms with E-state index in [4.69, 9.17) is 16.3 Å². The van der Waals surface area contributed by atoms with Crippen LogP contribution >= 0.6 is 27.5 Å². The molecule has 0 bridgehead atoms. The third-order valence-corrected chi connectivity index (χ3v) is 4.42. The van der Waals surface area contributed by atoms with E-state index in [2.05, 4.69) is 21.2 Å². The maximum absolute atomic E-state index is 12.3. The Morgan fingerprint density at radius 3 is 2.68 bits per heavy atom. The molecule has 134 valence electrons. The van der Waals surface area contributed by atoms with Gasteiger partial charge < -0.3 is 15.0 Å². The number of nitrogens with one attached hydrogen (secondary N) is 1. The van der Waals surface area contributed by atoms with Crippen LogP contribution in [0.2, 0.25) is 5.02 Å². The molecule has 0 spiro atoms. The number of benzene rings is 2. The number of ether oxygens (including phenoxy) is 1. The smallest absolute Gasteiger partial charge is 0.317 e. The summed E-state index contributed by atoms with van der Waals surface area (Å²) >= 11 is 9.46. The highest BCUT2D eigenvalue weighted by Gasteiger charge is 2.11. The summed E-state index contributed by atoms with van der Waals surface area (Å²) in [5.74, 6) is 0.649. The largest absolute Gasteiger partial charge is 0.492 e. The first kappa shape index (κ1) is 19.6. The van der Waals surface area contributed by atoms with Gasteiger partial charge in [0.25, 0.3) is 0 Å². The average Bonchev–Trinajstić information content (AvgIpc) is 2.61. The standard InChI is InChI=1S/C19H22BrClN2O2/c1-2-23(14-15-7-4-3-5-8-15)19(24)22-11-6-12-25-18-10-9-16(20)13-17(18)21/h3-5,7-10,13H,2,6,11-12,14H2,1H3,(H,22,24). The minimum absolute atomic E-state index is 0.0620. The third kappa shape index (κ3) is 6.59. The quantitative estimate of drug-likeness (QED) is 0.598. The van der Waals surface area contributed by atoms with E-state index in [9.17, 15) is 4.79 Å². The lowest BCUT2D eigenvalue weighted by atomic mass is 10.2. The first-order valence-corrected chi connectivity index (χ1v) is 9.41. The highest BCUT2D eigenvalue weighted by atomic mass is 79.9. The van der Waals surface area contributed by atoms with Crippen molar-refractivity contribution in [2.24, 2.45) is 0 Å². The topological polar surface area (TPSA) is 41.6 Å². The van der Waals surface area contributed by atoms with E-state index in [1.165, 1.54) is 0 Å². The van der Waals surface area contributed by atoms with E-state index in [0.29, 0.717) is 43.4 Å². The Kier molecular flexibility index (Phi) is 8.09. The van der Waals surface area contributed by atoms with Gasteiger partial charge in [0.15, 0.2) is 0 Å². The van der Waals surface area contributed by atoms with Crippen LogP contribution in [0, 0.1) is 0 Å². The summed E-state index contributed by atoms with van der Waals surface area (Å²) in [6.07, 6.45) is 0.709. The van der Waals surface area contributed by atoms with Crippen LogP contribution in [0.1, 0.15) is 18.9 Å². The predicted octanol–water partition coefficient (Wildman–Crippen LogP) is 5.10. The van der Waals surface area contributed by atoms with Crippen molar-refractivity contribution in [2.45, 2.75) is 19.9 Å². The van der Waals surface area contributed by atoms with Gasteiger partial charge in [0.05, 0.1) is 11.6 Å². The van der Waals surface area contributed by atoms with Crippen molar-refractivity contribution in [3.05, 3.63) is 63.6 Å². The molecule has 0 radical (unpaired) electrons. The predicted molar refractivity (Wildman–Crippen MR) is 105 cm³/mol. The normalized spacial score (nSPS) is 10.4. The number of halogens is 2. The Morgan fingerprint density at radius 1 is 1.24 bits per heavy atom. The maximum atomic E-state index is 12.3. The van der Waals surface area contributed by atoms with Gasteiger partial charge in [-0.15, -0.1) is 0 Å². The molecule has 0 atom stereocenters. The third-order valence-electron chi connectivity index (χ3n) is 3.63. The molecule has 2 aromatic carbocycles. The molecule has 1 N–H and O–H groups in total. The summed E-state index contributed by atoms with van der Waals surface area (Å²) in [7, 11) is 0. The first-order chi connectivity index (χ1) is 12.1. The second-order valence-corrected chi connectivity index (χ2v) is 6.83. The first-order valence-electron chi connectivity index (χ1n) is 8.24. The van der Waals surface area contributed by atoms with Crippen LogP contribution in [0.25, 0.3) is 0 Å². The molecular weight excluding hydrogens is 404 g/mol. The molecular formula is C19H22BrClN2O2. The van der Waals surface area contributed by atoms with Crippen LogP contribution in [-0.4, -0.2) is 30.6 Å². The molecule has 0 saturated heterocycles. The Bertz CT molecular complexity index is 682. The Morgan fingerprint density at radius 2 is 2.00 bits per heavy atom. The summed E-state index contributed by atoms with van der Waals surface area (Å²) in [5.41, 5.74) is 1.12. The molecule has 0 unspecified atom stereocenters. The summed E-state index contributed by atoms with van der Waals surface area (Å²) in [5, 5.41) is 3.50. The van der Waals surface area contributed by atoms with Crippen molar-refractivity contribution in [2.75, 3.05) is 19.7 Å². The monoisotopic (exact) mass is 424 g/mol. The molecule has 4 nitrogen and oxygen atoms in total. The summed E-state index contributed by atoms with van der Waals surface area (Å²) in [6.45, 7) is 4.28. The number of urea groups is 1. The van der Waals surface area contributed by atoms with Crippen molar-refractivity contribution in [1.29, 1.82) is 0 Å². The van der Waals surface area contributed by atoms with Gasteiger partial charge in [0.2, 0.25) is 0 Å². The van der Waals surface area contributed by atoms with Gasteiger partial charge in [0.1, 0.15) is 5.75 Å². The van der Waals surface area contributed by atoms with Crippen molar-refractivity contribution >= 4 is 33.6 Å². The zero-order valence-corrected chi connectivity index (χ0v) is 16.5. The number of hydrogen-bond acceptors (Lipinski definition) is 2. The van der Waals surface area contributed by atoms with Crippen LogP contribution in [0.4, 0.5) is 4.79 Å². The van der Waals surface area contributed by atoms with E-state index in [1.807, 2.05) is 49.4 Å². The molecule has 0 aliphatic rings. The molecule has 0 aromatic heterocycles. The minimum atomic E-state index is -0.0620. The zero-order valence-electron chi connectivity index (χ0n) is 14.2.